The molecule has 0 saturated heterocycles. The highest BCUT2D eigenvalue weighted by Crippen LogP contribution is 2.43. The predicted molar refractivity (Wildman–Crippen MR) is 134 cm³/mol. The fourth-order valence-corrected chi connectivity index (χ4v) is 3.99. The second-order valence-electron chi connectivity index (χ2n) is 10.5. The Kier molecular flexibility index (Phi) is 6.60. The Labute approximate surface area is 197 Å². The van der Waals surface area contributed by atoms with E-state index in [0.717, 1.165) is 16.7 Å². The van der Waals surface area contributed by atoms with E-state index >= 15 is 0 Å². The number of carbonyl (C=O) groups is 1. The minimum atomic E-state index is -0.522. The molecule has 0 spiro atoms. The first-order valence-electron chi connectivity index (χ1n) is 11.2. The van der Waals surface area contributed by atoms with Gasteiger partial charge in [0.2, 0.25) is 0 Å². The third kappa shape index (κ3) is 5.05. The molecular weight excluding hydrogens is 412 g/mol. The Bertz CT molecular complexity index is 1140. The fraction of sp³-hybridized carbons (Fsp3) is 0.345. The number of aryl methyl sites for hydroxylation is 1. The van der Waals surface area contributed by atoms with Crippen LogP contribution in [0.15, 0.2) is 54.6 Å². The quantitative estimate of drug-likeness (QED) is 0.340. The van der Waals surface area contributed by atoms with Crippen molar-refractivity contribution in [1.82, 2.24) is 0 Å². The molecular formula is C29H34O4. The first-order valence-corrected chi connectivity index (χ1v) is 11.2. The summed E-state index contributed by atoms with van der Waals surface area (Å²) in [6.07, 6.45) is 0. The van der Waals surface area contributed by atoms with Crippen molar-refractivity contribution in [3.05, 3.63) is 76.9 Å². The minimum absolute atomic E-state index is 0.00931. The summed E-state index contributed by atoms with van der Waals surface area (Å²) < 4.78 is 11.7. The molecule has 0 heterocycles. The molecule has 0 fully saturated rings. The number of carbonyl (C=O) groups excluding carboxylic acids is 1. The van der Waals surface area contributed by atoms with Crippen LogP contribution in [0.2, 0.25) is 0 Å². The highest BCUT2D eigenvalue weighted by Gasteiger charge is 2.30. The molecule has 0 saturated carbocycles. The van der Waals surface area contributed by atoms with Crippen LogP contribution in [0.5, 0.6) is 17.2 Å². The minimum Gasteiger partial charge on any atom is -0.507 e. The van der Waals surface area contributed by atoms with E-state index in [-0.39, 0.29) is 22.1 Å². The van der Waals surface area contributed by atoms with Gasteiger partial charge in [-0.15, -0.1) is 0 Å². The Hall–Kier alpha value is -3.27. The van der Waals surface area contributed by atoms with E-state index in [9.17, 15) is 9.90 Å². The van der Waals surface area contributed by atoms with Crippen molar-refractivity contribution in [2.45, 2.75) is 59.3 Å². The Morgan fingerprint density at radius 1 is 0.848 bits per heavy atom. The van der Waals surface area contributed by atoms with Crippen LogP contribution in [0.3, 0.4) is 0 Å². The van der Waals surface area contributed by atoms with Gasteiger partial charge >= 0.3 is 5.97 Å². The number of phenolic OH excluding ortho intramolecular Hbond substituents is 1. The third-order valence-corrected chi connectivity index (χ3v) is 5.68. The molecule has 0 atom stereocenters. The van der Waals surface area contributed by atoms with E-state index in [1.165, 1.54) is 0 Å². The van der Waals surface area contributed by atoms with Gasteiger partial charge in [-0.2, -0.15) is 0 Å². The van der Waals surface area contributed by atoms with Crippen molar-refractivity contribution in [2.24, 2.45) is 0 Å². The number of para-hydroxylation sites is 1. The van der Waals surface area contributed by atoms with Crippen molar-refractivity contribution >= 4 is 5.97 Å². The molecule has 0 unspecified atom stereocenters. The van der Waals surface area contributed by atoms with Crippen LogP contribution >= 0.6 is 0 Å². The number of aromatic hydroxyl groups is 1. The van der Waals surface area contributed by atoms with Gasteiger partial charge in [0.05, 0.1) is 12.7 Å². The van der Waals surface area contributed by atoms with Crippen LogP contribution in [0.4, 0.5) is 0 Å². The van der Waals surface area contributed by atoms with Crippen LogP contribution < -0.4 is 9.47 Å². The molecule has 3 aromatic carbocycles. The second-order valence-corrected chi connectivity index (χ2v) is 10.5. The topological polar surface area (TPSA) is 55.8 Å². The molecule has 4 nitrogen and oxygen atoms in total. The lowest BCUT2D eigenvalue weighted by Crippen LogP contribution is -2.22. The summed E-state index contributed by atoms with van der Waals surface area (Å²) in [7, 11) is 1.56. The number of hydrogen-bond donors (Lipinski definition) is 1. The first-order chi connectivity index (χ1) is 15.3. The molecule has 0 amide bonds. The number of hydrogen-bond acceptors (Lipinski definition) is 4. The van der Waals surface area contributed by atoms with Gasteiger partial charge in [-0.3, -0.25) is 0 Å². The lowest BCUT2D eigenvalue weighted by molar-refractivity contribution is 0.0729. The van der Waals surface area contributed by atoms with Gasteiger partial charge < -0.3 is 14.6 Å². The summed E-state index contributed by atoms with van der Waals surface area (Å²) in [6.45, 7) is 14.7. The number of benzene rings is 3. The smallest absolute Gasteiger partial charge is 0.344 e. The van der Waals surface area contributed by atoms with Gasteiger partial charge in [0.15, 0.2) is 0 Å². The molecule has 0 aliphatic rings. The van der Waals surface area contributed by atoms with Crippen LogP contribution in [-0.2, 0) is 10.8 Å². The van der Waals surface area contributed by atoms with Crippen LogP contribution in [-0.4, -0.2) is 18.2 Å². The van der Waals surface area contributed by atoms with Crippen LogP contribution in [0.25, 0.3) is 11.1 Å². The third-order valence-electron chi connectivity index (χ3n) is 5.68. The van der Waals surface area contributed by atoms with E-state index in [1.807, 2.05) is 18.2 Å². The molecule has 0 aromatic heterocycles. The average Bonchev–Trinajstić information content (AvgIpc) is 2.73. The van der Waals surface area contributed by atoms with Crippen molar-refractivity contribution < 1.29 is 19.4 Å². The van der Waals surface area contributed by atoms with E-state index in [1.54, 1.807) is 31.4 Å². The lowest BCUT2D eigenvalue weighted by Gasteiger charge is -2.30. The molecule has 0 aliphatic carbocycles. The number of ether oxygens (including phenoxy) is 2. The van der Waals surface area contributed by atoms with Crippen LogP contribution in [0.1, 0.15) is 68.6 Å². The molecule has 1 N–H and O–H groups in total. The number of rotatable bonds is 4. The first kappa shape index (κ1) is 24.4. The van der Waals surface area contributed by atoms with E-state index in [2.05, 4.69) is 60.6 Å². The Balaban J connectivity index is 2.20. The Morgan fingerprint density at radius 2 is 1.42 bits per heavy atom. The van der Waals surface area contributed by atoms with Crippen LogP contribution in [0, 0.1) is 6.92 Å². The maximum Gasteiger partial charge on any atom is 0.344 e. The summed E-state index contributed by atoms with van der Waals surface area (Å²) in [5, 5.41) is 10.7. The normalized spacial score (nSPS) is 11.9. The fourth-order valence-electron chi connectivity index (χ4n) is 3.99. The lowest BCUT2D eigenvalue weighted by atomic mass is 9.78. The highest BCUT2D eigenvalue weighted by atomic mass is 16.5. The zero-order valence-corrected chi connectivity index (χ0v) is 20.9. The Morgan fingerprint density at radius 3 is 1.97 bits per heavy atom. The van der Waals surface area contributed by atoms with Gasteiger partial charge in [0.25, 0.3) is 0 Å². The second kappa shape index (κ2) is 8.93. The molecule has 4 heteroatoms. The summed E-state index contributed by atoms with van der Waals surface area (Å²) in [5.41, 5.74) is 3.90. The summed E-state index contributed by atoms with van der Waals surface area (Å²) in [6, 6.07) is 16.4. The number of methoxy groups -OCH3 is 1. The van der Waals surface area contributed by atoms with Gasteiger partial charge in [-0.1, -0.05) is 83.5 Å². The zero-order valence-electron chi connectivity index (χ0n) is 20.9. The number of esters is 1. The van der Waals surface area contributed by atoms with Gasteiger partial charge in [0.1, 0.15) is 17.2 Å². The van der Waals surface area contributed by atoms with Gasteiger partial charge in [0, 0.05) is 22.3 Å². The van der Waals surface area contributed by atoms with Crippen molar-refractivity contribution in [3.63, 3.8) is 0 Å². The molecule has 3 aromatic rings. The van der Waals surface area contributed by atoms with E-state index in [4.69, 9.17) is 9.47 Å². The molecule has 0 radical (unpaired) electrons. The SMILES string of the molecule is COc1ccccc1-c1c(O)cccc1C(=O)Oc1c(C(C)(C)C)cc(C)cc1C(C)(C)C. The van der Waals surface area contributed by atoms with Crippen molar-refractivity contribution in [2.75, 3.05) is 7.11 Å². The predicted octanol–water partition coefficient (Wildman–Crippen LogP) is 7.19. The van der Waals surface area contributed by atoms with E-state index < -0.39 is 5.97 Å². The van der Waals surface area contributed by atoms with Crippen molar-refractivity contribution in [3.8, 4) is 28.4 Å². The molecule has 0 bridgehead atoms. The molecule has 174 valence electrons. The molecule has 33 heavy (non-hydrogen) atoms. The van der Waals surface area contributed by atoms with Gasteiger partial charge in [-0.05, 0) is 36.0 Å². The number of phenols is 1. The molecule has 3 rings (SSSR count). The standard InChI is InChI=1S/C29H34O4/c1-18-16-21(28(2,3)4)26(22(17-18)29(5,6)7)33-27(31)20-13-11-14-23(30)25(20)19-12-9-10-15-24(19)32-8/h9-17,30H,1-8H3. The maximum absolute atomic E-state index is 13.6. The summed E-state index contributed by atoms with van der Waals surface area (Å²) in [5.74, 6) is 0.616. The van der Waals surface area contributed by atoms with Gasteiger partial charge in [-0.25, -0.2) is 4.79 Å². The van der Waals surface area contributed by atoms with E-state index in [0.29, 0.717) is 22.6 Å². The van der Waals surface area contributed by atoms with Crippen molar-refractivity contribution in [1.29, 1.82) is 0 Å². The zero-order chi connectivity index (χ0) is 24.6. The highest BCUT2D eigenvalue weighted by molar-refractivity contribution is 6.01. The summed E-state index contributed by atoms with van der Waals surface area (Å²) in [4.78, 5) is 13.6. The summed E-state index contributed by atoms with van der Waals surface area (Å²) >= 11 is 0. The average molecular weight is 447 g/mol. The molecule has 0 aliphatic heterocycles. The maximum atomic E-state index is 13.6. The largest absolute Gasteiger partial charge is 0.507 e. The monoisotopic (exact) mass is 446 g/mol.